The average Bonchev–Trinajstić information content (AvgIpc) is 2.76. The summed E-state index contributed by atoms with van der Waals surface area (Å²) in [6.07, 6.45) is 0.927. The van der Waals surface area contributed by atoms with Crippen molar-refractivity contribution in [3.63, 3.8) is 0 Å². The van der Waals surface area contributed by atoms with Crippen LogP contribution < -0.4 is 5.32 Å². The van der Waals surface area contributed by atoms with E-state index in [1.165, 1.54) is 16.9 Å². The first kappa shape index (κ1) is 15.7. The van der Waals surface area contributed by atoms with Gasteiger partial charge in [0, 0.05) is 13.0 Å². The molecule has 1 aromatic carbocycles. The number of aromatic nitrogens is 1. The van der Waals surface area contributed by atoms with Crippen molar-refractivity contribution in [2.45, 2.75) is 40.7 Å². The van der Waals surface area contributed by atoms with Gasteiger partial charge in [-0.15, -0.1) is 11.3 Å². The van der Waals surface area contributed by atoms with E-state index in [1.807, 2.05) is 19.1 Å². The van der Waals surface area contributed by atoms with Crippen molar-refractivity contribution in [1.29, 1.82) is 0 Å². The molecule has 0 unspecified atom stereocenters. The number of thiazole rings is 1. The number of hydrogen-bond donors (Lipinski definition) is 1. The van der Waals surface area contributed by atoms with Gasteiger partial charge in [-0.25, -0.2) is 4.98 Å². The van der Waals surface area contributed by atoms with E-state index in [2.05, 4.69) is 43.2 Å². The summed E-state index contributed by atoms with van der Waals surface area (Å²) >= 11 is 1.51. The molecular weight excluding hydrogens is 280 g/mol. The number of hydrogen-bond acceptors (Lipinski definition) is 3. The lowest BCUT2D eigenvalue weighted by Crippen LogP contribution is -2.22. The Morgan fingerprint density at radius 1 is 1.33 bits per heavy atom. The molecule has 0 fully saturated rings. The summed E-state index contributed by atoms with van der Waals surface area (Å²) in [6, 6.07) is 8.17. The first-order valence-electron chi connectivity index (χ1n) is 7.25. The van der Waals surface area contributed by atoms with Gasteiger partial charge in [0.15, 0.2) is 0 Å². The molecule has 0 bridgehead atoms. The predicted octanol–water partition coefficient (Wildman–Crippen LogP) is 3.89. The van der Waals surface area contributed by atoms with Crippen LogP contribution in [0.2, 0.25) is 0 Å². The zero-order valence-electron chi connectivity index (χ0n) is 13.1. The summed E-state index contributed by atoms with van der Waals surface area (Å²) in [5, 5.41) is 4.03. The smallest absolute Gasteiger partial charge is 0.263 e. The van der Waals surface area contributed by atoms with Gasteiger partial charge in [-0.1, -0.05) is 43.7 Å². The number of carbonyl (C=O) groups excluding carboxylic acids is 1. The number of aryl methyl sites for hydroxylation is 2. The highest BCUT2D eigenvalue weighted by atomic mass is 32.1. The molecule has 1 aromatic heterocycles. The van der Waals surface area contributed by atoms with Crippen LogP contribution in [0.15, 0.2) is 24.3 Å². The maximum absolute atomic E-state index is 12.3. The second-order valence-corrected chi connectivity index (χ2v) is 6.88. The molecule has 4 heteroatoms. The summed E-state index contributed by atoms with van der Waals surface area (Å²) < 4.78 is 0. The van der Waals surface area contributed by atoms with Gasteiger partial charge in [-0.2, -0.15) is 0 Å². The van der Waals surface area contributed by atoms with Crippen molar-refractivity contribution in [1.82, 2.24) is 10.3 Å². The van der Waals surface area contributed by atoms with E-state index in [4.69, 9.17) is 0 Å². The summed E-state index contributed by atoms with van der Waals surface area (Å²) in [5.74, 6) is 0.528. The molecule has 0 radical (unpaired) electrons. The molecule has 0 aliphatic heterocycles. The van der Waals surface area contributed by atoms with Gasteiger partial charge in [-0.05, 0) is 25.3 Å². The van der Waals surface area contributed by atoms with Gasteiger partial charge in [0.05, 0.1) is 10.7 Å². The van der Waals surface area contributed by atoms with E-state index in [0.29, 0.717) is 12.5 Å². The highest BCUT2D eigenvalue weighted by Crippen LogP contribution is 2.20. The Morgan fingerprint density at radius 3 is 2.76 bits per heavy atom. The van der Waals surface area contributed by atoms with E-state index < -0.39 is 0 Å². The summed E-state index contributed by atoms with van der Waals surface area (Å²) in [5.41, 5.74) is 3.15. The number of nitrogens with one attached hydrogen (secondary N) is 1. The Balaban J connectivity index is 2.01. The van der Waals surface area contributed by atoms with Crippen molar-refractivity contribution in [2.75, 3.05) is 0 Å². The van der Waals surface area contributed by atoms with Gasteiger partial charge >= 0.3 is 0 Å². The number of benzene rings is 1. The van der Waals surface area contributed by atoms with Crippen LogP contribution in [0.3, 0.4) is 0 Å². The summed E-state index contributed by atoms with van der Waals surface area (Å²) in [4.78, 5) is 17.5. The Morgan fingerprint density at radius 2 is 2.10 bits per heavy atom. The van der Waals surface area contributed by atoms with Gasteiger partial charge in [0.25, 0.3) is 5.91 Å². The molecule has 0 saturated carbocycles. The lowest BCUT2D eigenvalue weighted by atomic mass is 10.1. The molecule has 2 rings (SSSR count). The maximum atomic E-state index is 12.3. The second kappa shape index (κ2) is 6.85. The van der Waals surface area contributed by atoms with Crippen LogP contribution in [0.1, 0.15) is 45.3 Å². The minimum absolute atomic E-state index is 0.0264. The van der Waals surface area contributed by atoms with Crippen LogP contribution in [0.25, 0.3) is 0 Å². The van der Waals surface area contributed by atoms with E-state index in [0.717, 1.165) is 27.6 Å². The monoisotopic (exact) mass is 302 g/mol. The third kappa shape index (κ3) is 4.39. The maximum Gasteiger partial charge on any atom is 0.263 e. The molecule has 0 aliphatic rings. The Hall–Kier alpha value is -1.68. The van der Waals surface area contributed by atoms with Crippen LogP contribution in [-0.4, -0.2) is 10.9 Å². The first-order chi connectivity index (χ1) is 9.95. The molecule has 1 heterocycles. The number of rotatable bonds is 5. The van der Waals surface area contributed by atoms with Crippen LogP contribution in [0.4, 0.5) is 0 Å². The molecule has 0 atom stereocenters. The SMILES string of the molecule is Cc1cccc(CNC(=O)c2sc(CC(C)C)nc2C)c1. The lowest BCUT2D eigenvalue weighted by molar-refractivity contribution is 0.0954. The zero-order chi connectivity index (χ0) is 15.4. The minimum atomic E-state index is -0.0264. The molecule has 0 aliphatic carbocycles. The molecule has 112 valence electrons. The van der Waals surface area contributed by atoms with Crippen LogP contribution in [0.5, 0.6) is 0 Å². The average molecular weight is 302 g/mol. The standard InChI is InChI=1S/C17H22N2OS/c1-11(2)8-15-19-13(4)16(21-15)17(20)18-10-14-7-5-6-12(3)9-14/h5-7,9,11H,8,10H2,1-4H3,(H,18,20). The summed E-state index contributed by atoms with van der Waals surface area (Å²) in [6.45, 7) is 8.83. The largest absolute Gasteiger partial charge is 0.347 e. The van der Waals surface area contributed by atoms with Crippen molar-refractivity contribution in [3.8, 4) is 0 Å². The molecule has 0 saturated heterocycles. The highest BCUT2D eigenvalue weighted by molar-refractivity contribution is 7.13. The van der Waals surface area contributed by atoms with E-state index in [-0.39, 0.29) is 5.91 Å². The first-order valence-corrected chi connectivity index (χ1v) is 8.07. The number of nitrogens with zero attached hydrogens (tertiary/aromatic N) is 1. The van der Waals surface area contributed by atoms with Crippen molar-refractivity contribution in [3.05, 3.63) is 51.0 Å². The molecule has 1 amide bonds. The van der Waals surface area contributed by atoms with Gasteiger partial charge < -0.3 is 5.32 Å². The van der Waals surface area contributed by atoms with Crippen molar-refractivity contribution < 1.29 is 4.79 Å². The highest BCUT2D eigenvalue weighted by Gasteiger charge is 2.15. The Kier molecular flexibility index (Phi) is 5.12. The third-order valence-corrected chi connectivity index (χ3v) is 4.34. The molecular formula is C17H22N2OS. The molecule has 21 heavy (non-hydrogen) atoms. The predicted molar refractivity (Wildman–Crippen MR) is 87.7 cm³/mol. The Labute approximate surface area is 130 Å². The lowest BCUT2D eigenvalue weighted by Gasteiger charge is -2.05. The van der Waals surface area contributed by atoms with E-state index >= 15 is 0 Å². The van der Waals surface area contributed by atoms with Crippen molar-refractivity contribution in [2.24, 2.45) is 5.92 Å². The molecule has 2 aromatic rings. The quantitative estimate of drug-likeness (QED) is 0.910. The van der Waals surface area contributed by atoms with Gasteiger partial charge in [-0.3, -0.25) is 4.79 Å². The zero-order valence-corrected chi connectivity index (χ0v) is 13.9. The van der Waals surface area contributed by atoms with Crippen LogP contribution >= 0.6 is 11.3 Å². The van der Waals surface area contributed by atoms with Gasteiger partial charge in [0.1, 0.15) is 4.88 Å². The Bertz CT molecular complexity index is 631. The third-order valence-electron chi connectivity index (χ3n) is 3.17. The van der Waals surface area contributed by atoms with Crippen LogP contribution in [0, 0.1) is 19.8 Å². The van der Waals surface area contributed by atoms with Crippen molar-refractivity contribution >= 4 is 17.2 Å². The fourth-order valence-electron chi connectivity index (χ4n) is 2.18. The molecule has 3 nitrogen and oxygen atoms in total. The normalized spacial score (nSPS) is 10.9. The molecule has 1 N–H and O–H groups in total. The fourth-order valence-corrected chi connectivity index (χ4v) is 3.38. The van der Waals surface area contributed by atoms with E-state index in [1.54, 1.807) is 0 Å². The minimum Gasteiger partial charge on any atom is -0.347 e. The topological polar surface area (TPSA) is 42.0 Å². The van der Waals surface area contributed by atoms with Crippen LogP contribution in [-0.2, 0) is 13.0 Å². The fraction of sp³-hybridized carbons (Fsp3) is 0.412. The number of amides is 1. The second-order valence-electron chi connectivity index (χ2n) is 5.79. The van der Waals surface area contributed by atoms with Gasteiger partial charge in [0.2, 0.25) is 0 Å². The van der Waals surface area contributed by atoms with E-state index in [9.17, 15) is 4.79 Å². The number of carbonyl (C=O) groups is 1. The summed E-state index contributed by atoms with van der Waals surface area (Å²) in [7, 11) is 0. The molecule has 0 spiro atoms.